The Labute approximate surface area is 230 Å². The van der Waals surface area contributed by atoms with E-state index in [0.717, 1.165) is 0 Å². The van der Waals surface area contributed by atoms with E-state index in [1.165, 1.54) is 42.7 Å². The molecule has 2 aliphatic heterocycles. The third kappa shape index (κ3) is 4.41. The van der Waals surface area contributed by atoms with Crippen LogP contribution in [0.1, 0.15) is 39.4 Å². The lowest BCUT2D eigenvalue weighted by atomic mass is 9.84. The maximum atomic E-state index is 13.5. The number of allylic oxidation sites excluding steroid dienone is 1. The highest BCUT2D eigenvalue weighted by atomic mass is 16.5. The molecule has 0 aromatic heterocycles. The Morgan fingerprint density at radius 3 is 1.95 bits per heavy atom. The van der Waals surface area contributed by atoms with Gasteiger partial charge in [0.2, 0.25) is 11.5 Å². The summed E-state index contributed by atoms with van der Waals surface area (Å²) in [6.07, 6.45) is 1.60. The van der Waals surface area contributed by atoms with Crippen molar-refractivity contribution in [2.75, 3.05) is 42.7 Å². The molecule has 40 heavy (non-hydrogen) atoms. The summed E-state index contributed by atoms with van der Waals surface area (Å²) in [5.41, 5.74) is 2.18. The van der Waals surface area contributed by atoms with Gasteiger partial charge in [-0.05, 0) is 42.0 Å². The first-order chi connectivity index (χ1) is 19.4. The summed E-state index contributed by atoms with van der Waals surface area (Å²) in [4.78, 5) is 26.1. The topological polar surface area (TPSA) is 108 Å². The Morgan fingerprint density at radius 1 is 0.725 bits per heavy atom. The van der Waals surface area contributed by atoms with Crippen molar-refractivity contribution in [1.29, 1.82) is 0 Å². The number of benzene rings is 3. The first kappa shape index (κ1) is 26.7. The molecule has 10 nitrogen and oxygen atoms in total. The second kappa shape index (κ2) is 10.7. The minimum absolute atomic E-state index is 0.0161. The summed E-state index contributed by atoms with van der Waals surface area (Å²) in [6, 6.07) is 10.1. The van der Waals surface area contributed by atoms with Crippen molar-refractivity contribution in [3.8, 4) is 46.0 Å². The fourth-order valence-corrected chi connectivity index (χ4v) is 5.00. The van der Waals surface area contributed by atoms with Gasteiger partial charge in [0.25, 0.3) is 0 Å². The number of fused-ring (bicyclic) bond motifs is 3. The highest BCUT2D eigenvalue weighted by Gasteiger charge is 2.39. The first-order valence-electron chi connectivity index (χ1n) is 12.3. The fourth-order valence-electron chi connectivity index (χ4n) is 5.00. The van der Waals surface area contributed by atoms with Crippen molar-refractivity contribution in [3.05, 3.63) is 64.4 Å². The quantitative estimate of drug-likeness (QED) is 0.221. The van der Waals surface area contributed by atoms with E-state index in [0.29, 0.717) is 68.2 Å². The molecule has 0 fully saturated rings. The molecule has 0 unspecified atom stereocenters. The predicted molar refractivity (Wildman–Crippen MR) is 144 cm³/mol. The van der Waals surface area contributed by atoms with Gasteiger partial charge in [0, 0.05) is 23.1 Å². The van der Waals surface area contributed by atoms with E-state index >= 15 is 0 Å². The van der Waals surface area contributed by atoms with Crippen LogP contribution in [0.25, 0.3) is 6.08 Å². The number of ether oxygens (including phenoxy) is 8. The fraction of sp³-hybridized carbons (Fsp3) is 0.267. The van der Waals surface area contributed by atoms with Crippen molar-refractivity contribution < 1.29 is 47.5 Å². The van der Waals surface area contributed by atoms with Crippen molar-refractivity contribution in [2.24, 2.45) is 0 Å². The molecule has 1 atom stereocenters. The van der Waals surface area contributed by atoms with Crippen LogP contribution >= 0.6 is 0 Å². The van der Waals surface area contributed by atoms with E-state index < -0.39 is 11.9 Å². The number of hydrogen-bond acceptors (Lipinski definition) is 10. The van der Waals surface area contributed by atoms with Crippen molar-refractivity contribution >= 4 is 17.8 Å². The molecule has 0 saturated carbocycles. The molecule has 2 heterocycles. The highest BCUT2D eigenvalue weighted by Crippen LogP contribution is 2.51. The molecule has 0 saturated heterocycles. The third-order valence-corrected chi connectivity index (χ3v) is 6.89. The number of Topliss-reactive ketones (excluding diaryl/α,β-unsaturated/α-hetero) is 1. The van der Waals surface area contributed by atoms with Crippen molar-refractivity contribution in [1.82, 2.24) is 0 Å². The maximum absolute atomic E-state index is 13.5. The van der Waals surface area contributed by atoms with Crippen LogP contribution in [-0.2, 0) is 4.79 Å². The van der Waals surface area contributed by atoms with E-state index in [-0.39, 0.29) is 18.0 Å². The van der Waals surface area contributed by atoms with Gasteiger partial charge in [-0.2, -0.15) is 0 Å². The molecular weight excluding hydrogens is 520 g/mol. The molecular formula is C30H28O10. The van der Waals surface area contributed by atoms with E-state index in [1.807, 2.05) is 0 Å². The molecule has 0 spiro atoms. The zero-order valence-corrected chi connectivity index (χ0v) is 22.9. The van der Waals surface area contributed by atoms with Gasteiger partial charge < -0.3 is 37.9 Å². The monoisotopic (exact) mass is 548 g/mol. The Bertz CT molecular complexity index is 1510. The molecule has 208 valence electrons. The number of methoxy groups -OCH3 is 6. The van der Waals surface area contributed by atoms with E-state index in [9.17, 15) is 9.59 Å². The second-order valence-electron chi connectivity index (χ2n) is 8.93. The number of rotatable bonds is 8. The minimum atomic E-state index is -0.511. The molecule has 0 N–H and O–H groups in total. The van der Waals surface area contributed by atoms with Gasteiger partial charge in [0.15, 0.2) is 28.8 Å². The smallest absolute Gasteiger partial charge is 0.312 e. The number of ketones is 1. The largest absolute Gasteiger partial charge is 0.496 e. The third-order valence-electron chi connectivity index (χ3n) is 6.89. The maximum Gasteiger partial charge on any atom is 0.312 e. The van der Waals surface area contributed by atoms with Gasteiger partial charge in [-0.25, -0.2) is 0 Å². The summed E-state index contributed by atoms with van der Waals surface area (Å²) >= 11 is 0. The van der Waals surface area contributed by atoms with Gasteiger partial charge >= 0.3 is 5.97 Å². The molecule has 5 rings (SSSR count). The van der Waals surface area contributed by atoms with Crippen molar-refractivity contribution in [3.63, 3.8) is 0 Å². The summed E-state index contributed by atoms with van der Waals surface area (Å²) in [6.45, 7) is 0. The second-order valence-corrected chi connectivity index (χ2v) is 8.93. The van der Waals surface area contributed by atoms with E-state index in [2.05, 4.69) is 0 Å². The molecule has 0 radical (unpaired) electrons. The lowest BCUT2D eigenvalue weighted by Gasteiger charge is -2.27. The average Bonchev–Trinajstić information content (AvgIpc) is 3.29. The van der Waals surface area contributed by atoms with Crippen molar-refractivity contribution in [2.45, 2.75) is 12.3 Å². The van der Waals surface area contributed by atoms with Gasteiger partial charge in [-0.3, -0.25) is 9.59 Å². The van der Waals surface area contributed by atoms with Crippen LogP contribution < -0.4 is 37.9 Å². The van der Waals surface area contributed by atoms with Crippen LogP contribution in [0.5, 0.6) is 46.0 Å². The molecule has 0 bridgehead atoms. The lowest BCUT2D eigenvalue weighted by Crippen LogP contribution is -2.21. The van der Waals surface area contributed by atoms with Crippen LogP contribution in [0.2, 0.25) is 0 Å². The van der Waals surface area contributed by atoms with Crippen LogP contribution in [-0.4, -0.2) is 54.4 Å². The normalized spacial score (nSPS) is 16.4. The SMILES string of the molecule is COc1cc(OC)c(OC)cc1/C=C1/Oc2c(ccc3c2[C@@H](c2cc(OC)c(OC)c(OC)c2)CC(=O)O3)C1=O. The van der Waals surface area contributed by atoms with Gasteiger partial charge in [-0.15, -0.1) is 0 Å². The number of hydrogen-bond donors (Lipinski definition) is 0. The molecule has 0 amide bonds. The van der Waals surface area contributed by atoms with Crippen LogP contribution in [0, 0.1) is 0 Å². The Hall–Kier alpha value is -4.86. The Kier molecular flexibility index (Phi) is 7.17. The van der Waals surface area contributed by atoms with Gasteiger partial charge in [0.1, 0.15) is 17.2 Å². The number of carbonyl (C=O) groups excluding carboxylic acids is 2. The molecule has 10 heteroatoms. The van der Waals surface area contributed by atoms with Crippen LogP contribution in [0.15, 0.2) is 42.2 Å². The summed E-state index contributed by atoms with van der Waals surface area (Å²) < 4.78 is 44.6. The minimum Gasteiger partial charge on any atom is -0.496 e. The zero-order valence-electron chi connectivity index (χ0n) is 22.9. The lowest BCUT2D eigenvalue weighted by molar-refractivity contribution is -0.135. The molecule has 0 aliphatic carbocycles. The molecule has 2 aliphatic rings. The molecule has 3 aromatic rings. The summed E-state index contributed by atoms with van der Waals surface area (Å²) in [5.74, 6) is 2.15. The van der Waals surface area contributed by atoms with Gasteiger partial charge in [-0.1, -0.05) is 0 Å². The number of carbonyl (C=O) groups is 2. The summed E-state index contributed by atoms with van der Waals surface area (Å²) in [7, 11) is 9.11. The van der Waals surface area contributed by atoms with E-state index in [1.54, 1.807) is 42.5 Å². The number of esters is 1. The first-order valence-corrected chi connectivity index (χ1v) is 12.3. The van der Waals surface area contributed by atoms with Crippen LogP contribution in [0.4, 0.5) is 0 Å². The predicted octanol–water partition coefficient (Wildman–Crippen LogP) is 4.80. The van der Waals surface area contributed by atoms with Gasteiger partial charge in [0.05, 0.1) is 54.6 Å². The highest BCUT2D eigenvalue weighted by molar-refractivity contribution is 6.15. The van der Waals surface area contributed by atoms with E-state index in [4.69, 9.17) is 37.9 Å². The molecule has 3 aromatic carbocycles. The zero-order chi connectivity index (χ0) is 28.6. The average molecular weight is 549 g/mol. The Balaban J connectivity index is 1.63. The Morgan fingerprint density at radius 2 is 1.35 bits per heavy atom. The van der Waals surface area contributed by atoms with Crippen LogP contribution in [0.3, 0.4) is 0 Å². The standard InChI is InChI=1S/C30H28O10/c1-33-20-14-22(35-3)21(34-2)11-16(20)12-23-28(32)17-7-8-19-27(29(17)40-23)18(13-26(31)39-19)15-9-24(36-4)30(38-6)25(10-15)37-5/h7-12,14,18H,13H2,1-6H3/b23-12+/t18-/m1/s1. The summed E-state index contributed by atoms with van der Waals surface area (Å²) in [5, 5.41) is 0.